The Morgan fingerprint density at radius 2 is 1.60 bits per heavy atom. The molecule has 1 atom stereocenters. The van der Waals surface area contributed by atoms with Gasteiger partial charge in [0.05, 0.1) is 0 Å². The molecule has 0 aliphatic carbocycles. The van der Waals surface area contributed by atoms with Crippen molar-refractivity contribution in [1.82, 2.24) is 4.98 Å². The highest BCUT2D eigenvalue weighted by molar-refractivity contribution is 8.00. The Hall–Kier alpha value is -2.79. The van der Waals surface area contributed by atoms with E-state index in [1.165, 1.54) is 11.8 Å². The molecule has 1 unspecified atom stereocenters. The number of carbonyl (C=O) groups excluding carboxylic acids is 1. The molecule has 3 aromatic rings. The highest BCUT2D eigenvalue weighted by atomic mass is 32.2. The molecule has 0 N–H and O–H groups in total. The summed E-state index contributed by atoms with van der Waals surface area (Å²) in [5.74, 6) is 1.34. The minimum Gasteiger partial charge on any atom is -0.439 e. The van der Waals surface area contributed by atoms with Gasteiger partial charge in [-0.15, -0.1) is 11.8 Å². The molecule has 3 rings (SSSR count). The fourth-order valence-corrected chi connectivity index (χ4v) is 2.92. The highest BCUT2D eigenvalue weighted by Gasteiger charge is 2.16. The van der Waals surface area contributed by atoms with E-state index in [-0.39, 0.29) is 11.2 Å². The van der Waals surface area contributed by atoms with Gasteiger partial charge in [-0.1, -0.05) is 24.3 Å². The molecule has 0 bridgehead atoms. The van der Waals surface area contributed by atoms with Crippen molar-refractivity contribution in [3.05, 3.63) is 79.0 Å². The van der Waals surface area contributed by atoms with Crippen molar-refractivity contribution < 1.29 is 14.3 Å². The number of hydrogen-bond acceptors (Lipinski definition) is 5. The van der Waals surface area contributed by atoms with Gasteiger partial charge in [0.2, 0.25) is 5.88 Å². The standard InChI is InChI=1S/C20H17NO3S/c1-15(25-18-7-3-2-4-8-18)20(22)24-17-12-10-16(11-13-17)23-19-9-5-6-14-21-19/h2-15H,1H3. The Bertz CT molecular complexity index is 807. The third-order valence-electron chi connectivity index (χ3n) is 3.29. The third-order valence-corrected chi connectivity index (χ3v) is 4.38. The zero-order valence-electron chi connectivity index (χ0n) is 13.7. The van der Waals surface area contributed by atoms with Gasteiger partial charge in [-0.2, -0.15) is 0 Å². The summed E-state index contributed by atoms with van der Waals surface area (Å²) in [7, 11) is 0. The quantitative estimate of drug-likeness (QED) is 0.357. The Kier molecular flexibility index (Phi) is 5.69. The van der Waals surface area contributed by atoms with Crippen LogP contribution in [-0.4, -0.2) is 16.2 Å². The summed E-state index contributed by atoms with van der Waals surface area (Å²) in [5.41, 5.74) is 0. The molecule has 0 aliphatic rings. The molecule has 5 heteroatoms. The van der Waals surface area contributed by atoms with E-state index in [2.05, 4.69) is 4.98 Å². The van der Waals surface area contributed by atoms with Gasteiger partial charge in [0.25, 0.3) is 0 Å². The van der Waals surface area contributed by atoms with Crippen LogP contribution < -0.4 is 9.47 Å². The van der Waals surface area contributed by atoms with Crippen molar-refractivity contribution in [3.8, 4) is 17.4 Å². The maximum atomic E-state index is 12.2. The average molecular weight is 351 g/mol. The monoisotopic (exact) mass is 351 g/mol. The number of pyridine rings is 1. The number of thioether (sulfide) groups is 1. The number of rotatable bonds is 6. The third kappa shape index (κ3) is 5.09. The normalized spacial score (nSPS) is 11.6. The number of esters is 1. The van der Waals surface area contributed by atoms with Crippen LogP contribution >= 0.6 is 11.8 Å². The van der Waals surface area contributed by atoms with E-state index in [9.17, 15) is 4.79 Å². The van der Waals surface area contributed by atoms with Crippen LogP contribution in [0, 0.1) is 0 Å². The summed E-state index contributed by atoms with van der Waals surface area (Å²) in [4.78, 5) is 17.3. The van der Waals surface area contributed by atoms with Crippen molar-refractivity contribution >= 4 is 17.7 Å². The lowest BCUT2D eigenvalue weighted by Crippen LogP contribution is -2.19. The van der Waals surface area contributed by atoms with Crippen LogP contribution in [0.15, 0.2) is 83.9 Å². The van der Waals surface area contributed by atoms with Crippen molar-refractivity contribution in [1.29, 1.82) is 0 Å². The van der Waals surface area contributed by atoms with Crippen molar-refractivity contribution in [2.45, 2.75) is 17.1 Å². The predicted octanol–water partition coefficient (Wildman–Crippen LogP) is 4.96. The van der Waals surface area contributed by atoms with Crippen LogP contribution in [0.1, 0.15) is 6.92 Å². The van der Waals surface area contributed by atoms with Gasteiger partial charge in [0, 0.05) is 17.2 Å². The molecule has 4 nitrogen and oxygen atoms in total. The van der Waals surface area contributed by atoms with E-state index < -0.39 is 0 Å². The summed E-state index contributed by atoms with van der Waals surface area (Å²) in [5, 5.41) is -0.299. The molecule has 0 fully saturated rings. The van der Waals surface area contributed by atoms with Crippen molar-refractivity contribution in [2.24, 2.45) is 0 Å². The molecular weight excluding hydrogens is 334 g/mol. The number of hydrogen-bond donors (Lipinski definition) is 0. The SMILES string of the molecule is CC(Sc1ccccc1)C(=O)Oc1ccc(Oc2ccccn2)cc1. The van der Waals surface area contributed by atoms with E-state index >= 15 is 0 Å². The van der Waals surface area contributed by atoms with Gasteiger partial charge in [0.15, 0.2) is 0 Å². The molecule has 0 saturated heterocycles. The van der Waals surface area contributed by atoms with Gasteiger partial charge in [-0.05, 0) is 49.4 Å². The van der Waals surface area contributed by atoms with Crippen LogP contribution in [-0.2, 0) is 4.79 Å². The summed E-state index contributed by atoms with van der Waals surface area (Å²) in [6.45, 7) is 1.83. The first-order chi connectivity index (χ1) is 12.2. The maximum Gasteiger partial charge on any atom is 0.324 e. The fraction of sp³-hybridized carbons (Fsp3) is 0.100. The smallest absolute Gasteiger partial charge is 0.324 e. The summed E-state index contributed by atoms with van der Waals surface area (Å²) in [6.07, 6.45) is 1.66. The summed E-state index contributed by atoms with van der Waals surface area (Å²) in [6, 6.07) is 22.1. The molecular formula is C20H17NO3S. The number of nitrogens with zero attached hydrogens (tertiary/aromatic N) is 1. The molecule has 0 amide bonds. The number of carbonyl (C=O) groups is 1. The molecule has 0 saturated carbocycles. The minimum atomic E-state index is -0.299. The first-order valence-corrected chi connectivity index (χ1v) is 8.71. The largest absolute Gasteiger partial charge is 0.439 e. The number of ether oxygens (including phenoxy) is 2. The molecule has 2 aromatic carbocycles. The zero-order valence-corrected chi connectivity index (χ0v) is 14.5. The topological polar surface area (TPSA) is 48.4 Å². The minimum absolute atomic E-state index is 0.285. The van der Waals surface area contributed by atoms with E-state index in [1.807, 2.05) is 49.4 Å². The van der Waals surface area contributed by atoms with Crippen LogP contribution in [0.25, 0.3) is 0 Å². The second-order valence-corrected chi connectivity index (χ2v) is 6.65. The average Bonchev–Trinajstić information content (AvgIpc) is 2.65. The maximum absolute atomic E-state index is 12.2. The van der Waals surface area contributed by atoms with Gasteiger partial charge in [-0.25, -0.2) is 4.98 Å². The lowest BCUT2D eigenvalue weighted by molar-refractivity contribution is -0.133. The van der Waals surface area contributed by atoms with Gasteiger partial charge in [0.1, 0.15) is 16.7 Å². The van der Waals surface area contributed by atoms with Crippen molar-refractivity contribution in [2.75, 3.05) is 0 Å². The molecule has 1 heterocycles. The first-order valence-electron chi connectivity index (χ1n) is 7.83. The Morgan fingerprint density at radius 3 is 2.28 bits per heavy atom. The Morgan fingerprint density at radius 1 is 0.920 bits per heavy atom. The molecule has 0 aliphatic heterocycles. The molecule has 0 radical (unpaired) electrons. The Labute approximate surface area is 150 Å². The second-order valence-electron chi connectivity index (χ2n) is 5.24. The van der Waals surface area contributed by atoms with E-state index in [4.69, 9.17) is 9.47 Å². The van der Waals surface area contributed by atoms with Crippen LogP contribution in [0.5, 0.6) is 17.4 Å². The van der Waals surface area contributed by atoms with E-state index in [1.54, 1.807) is 36.5 Å². The van der Waals surface area contributed by atoms with Crippen molar-refractivity contribution in [3.63, 3.8) is 0 Å². The van der Waals surface area contributed by atoms with E-state index in [0.717, 1.165) is 4.90 Å². The van der Waals surface area contributed by atoms with Gasteiger partial charge in [-0.3, -0.25) is 4.79 Å². The van der Waals surface area contributed by atoms with Crippen LogP contribution in [0.4, 0.5) is 0 Å². The van der Waals surface area contributed by atoms with Crippen LogP contribution in [0.2, 0.25) is 0 Å². The summed E-state index contributed by atoms with van der Waals surface area (Å²) >= 11 is 1.47. The highest BCUT2D eigenvalue weighted by Crippen LogP contribution is 2.26. The molecule has 1 aromatic heterocycles. The molecule has 25 heavy (non-hydrogen) atoms. The number of aromatic nitrogens is 1. The fourth-order valence-electron chi connectivity index (χ4n) is 2.05. The summed E-state index contributed by atoms with van der Waals surface area (Å²) < 4.78 is 11.0. The lowest BCUT2D eigenvalue weighted by atomic mass is 10.3. The lowest BCUT2D eigenvalue weighted by Gasteiger charge is -2.11. The predicted molar refractivity (Wildman–Crippen MR) is 98.1 cm³/mol. The zero-order chi connectivity index (χ0) is 17.5. The Balaban J connectivity index is 1.56. The van der Waals surface area contributed by atoms with E-state index in [0.29, 0.717) is 17.4 Å². The van der Waals surface area contributed by atoms with Gasteiger partial charge < -0.3 is 9.47 Å². The first kappa shape index (κ1) is 17.0. The van der Waals surface area contributed by atoms with Gasteiger partial charge >= 0.3 is 5.97 Å². The number of benzene rings is 2. The second kappa shape index (κ2) is 8.35. The van der Waals surface area contributed by atoms with Crippen LogP contribution in [0.3, 0.4) is 0 Å². The molecule has 126 valence electrons. The molecule has 0 spiro atoms.